The van der Waals surface area contributed by atoms with Crippen molar-refractivity contribution in [3.05, 3.63) is 53.3 Å². The van der Waals surface area contributed by atoms with Crippen LogP contribution in [-0.4, -0.2) is 29.9 Å². The van der Waals surface area contributed by atoms with Gasteiger partial charge in [0.2, 0.25) is 0 Å². The quantitative estimate of drug-likeness (QED) is 0.752. The summed E-state index contributed by atoms with van der Waals surface area (Å²) in [5, 5.41) is -0.246. The van der Waals surface area contributed by atoms with Crippen LogP contribution in [0.5, 0.6) is 0 Å². The predicted octanol–water partition coefficient (Wildman–Crippen LogP) is 2.41. The minimum absolute atomic E-state index is 0.0582. The summed E-state index contributed by atoms with van der Waals surface area (Å²) in [6.07, 6.45) is 3.07. The third kappa shape index (κ3) is 3.58. The second-order valence-electron chi connectivity index (χ2n) is 7.01. The molecular weight excluding hydrogens is 352 g/mol. The lowest BCUT2D eigenvalue weighted by atomic mass is 10.0. The number of carbonyl (C=O) groups excluding carboxylic acids is 2. The lowest BCUT2D eigenvalue weighted by Crippen LogP contribution is -2.17. The molecule has 1 heterocycles. The highest BCUT2D eigenvalue weighted by atomic mass is 32.2. The predicted molar refractivity (Wildman–Crippen MR) is 97.9 cm³/mol. The van der Waals surface area contributed by atoms with E-state index < -0.39 is 15.7 Å². The zero-order valence-corrected chi connectivity index (χ0v) is 15.6. The number of amides is 1. The highest BCUT2D eigenvalue weighted by Crippen LogP contribution is 2.33. The molecule has 0 atom stereocenters. The van der Waals surface area contributed by atoms with Crippen molar-refractivity contribution >= 4 is 21.5 Å². The first-order chi connectivity index (χ1) is 12.2. The van der Waals surface area contributed by atoms with E-state index in [1.165, 1.54) is 6.07 Å². The first kappa shape index (κ1) is 18.4. The number of Topliss-reactive ketones (excluding diaryl/α,β-unsaturated/α-hetero) is 1. The Bertz CT molecular complexity index is 952. The minimum Gasteiger partial charge on any atom is -0.364 e. The summed E-state index contributed by atoms with van der Waals surface area (Å²) < 4.78 is 26.1. The summed E-state index contributed by atoms with van der Waals surface area (Å²) in [7, 11) is -3.22. The fourth-order valence-corrected chi connectivity index (χ4v) is 4.53. The molecule has 0 saturated heterocycles. The molecule has 0 aliphatic heterocycles. The Morgan fingerprint density at radius 1 is 1.19 bits per heavy atom. The van der Waals surface area contributed by atoms with Gasteiger partial charge in [-0.25, -0.2) is 8.42 Å². The van der Waals surface area contributed by atoms with E-state index in [0.717, 1.165) is 18.4 Å². The van der Waals surface area contributed by atoms with Gasteiger partial charge >= 0.3 is 0 Å². The summed E-state index contributed by atoms with van der Waals surface area (Å²) in [4.78, 5) is 24.2. The number of hydrogen-bond acceptors (Lipinski definition) is 4. The molecule has 6 nitrogen and oxygen atoms in total. The van der Waals surface area contributed by atoms with Crippen molar-refractivity contribution in [1.29, 1.82) is 0 Å². The van der Waals surface area contributed by atoms with E-state index in [4.69, 9.17) is 5.73 Å². The molecule has 0 radical (unpaired) electrons. The van der Waals surface area contributed by atoms with Gasteiger partial charge in [0.15, 0.2) is 15.6 Å². The topological polar surface area (TPSA) is 99.2 Å². The Kier molecular flexibility index (Phi) is 4.75. The molecule has 0 unspecified atom stereocenters. The van der Waals surface area contributed by atoms with Crippen LogP contribution in [0.3, 0.4) is 0 Å². The molecule has 138 valence electrons. The van der Waals surface area contributed by atoms with Crippen LogP contribution in [0.4, 0.5) is 0 Å². The molecule has 1 fully saturated rings. The third-order valence-electron chi connectivity index (χ3n) is 4.53. The van der Waals surface area contributed by atoms with Crippen molar-refractivity contribution in [2.24, 2.45) is 11.7 Å². The number of nitrogens with two attached hydrogens (primary N) is 1. The van der Waals surface area contributed by atoms with Crippen LogP contribution < -0.4 is 5.73 Å². The van der Waals surface area contributed by atoms with E-state index in [1.54, 1.807) is 48.9 Å². The second kappa shape index (κ2) is 6.72. The Morgan fingerprint density at radius 2 is 1.81 bits per heavy atom. The summed E-state index contributed by atoms with van der Waals surface area (Å²) in [6.45, 7) is 3.92. The molecule has 3 rings (SSSR count). The summed E-state index contributed by atoms with van der Waals surface area (Å²) in [6, 6.07) is 8.15. The monoisotopic (exact) mass is 374 g/mol. The van der Waals surface area contributed by atoms with E-state index in [-0.39, 0.29) is 22.6 Å². The van der Waals surface area contributed by atoms with Crippen LogP contribution >= 0.6 is 0 Å². The molecule has 1 saturated carbocycles. The van der Waals surface area contributed by atoms with Gasteiger partial charge in [-0.3, -0.25) is 9.59 Å². The van der Waals surface area contributed by atoms with E-state index in [2.05, 4.69) is 0 Å². The van der Waals surface area contributed by atoms with Gasteiger partial charge in [-0.1, -0.05) is 26.0 Å². The molecule has 1 aliphatic rings. The van der Waals surface area contributed by atoms with Gasteiger partial charge in [0.25, 0.3) is 5.91 Å². The molecule has 1 amide bonds. The van der Waals surface area contributed by atoms with E-state index in [1.807, 2.05) is 0 Å². The average molecular weight is 374 g/mol. The largest absolute Gasteiger partial charge is 0.364 e. The van der Waals surface area contributed by atoms with E-state index >= 15 is 0 Å². The molecule has 2 N–H and O–H groups in total. The second-order valence-corrected chi connectivity index (χ2v) is 9.24. The maximum absolute atomic E-state index is 12.2. The van der Waals surface area contributed by atoms with Crippen LogP contribution in [0, 0.1) is 5.92 Å². The van der Waals surface area contributed by atoms with Crippen molar-refractivity contribution in [3.8, 4) is 0 Å². The molecule has 26 heavy (non-hydrogen) atoms. The first-order valence-electron chi connectivity index (χ1n) is 8.57. The van der Waals surface area contributed by atoms with Crippen molar-refractivity contribution in [2.45, 2.75) is 43.4 Å². The van der Waals surface area contributed by atoms with Crippen LogP contribution in [0.25, 0.3) is 0 Å². The molecule has 7 heteroatoms. The van der Waals surface area contributed by atoms with Gasteiger partial charge in [0.05, 0.1) is 10.1 Å². The number of carbonyl (C=O) groups is 2. The number of rotatable bonds is 7. The van der Waals surface area contributed by atoms with Crippen LogP contribution in [-0.2, 0) is 16.4 Å². The van der Waals surface area contributed by atoms with Crippen molar-refractivity contribution in [1.82, 2.24) is 4.57 Å². The summed E-state index contributed by atoms with van der Waals surface area (Å²) in [5.41, 5.74) is 6.95. The standard InChI is InChI=1S/C19H22N2O4S/c1-12(2)18(22)14-9-17(19(20)23)21(11-14)10-13-3-5-15(6-4-13)26(24,25)16-7-8-16/h3-6,9,11-12,16H,7-8,10H2,1-2H3,(H2,20,23). The number of aromatic nitrogens is 1. The minimum atomic E-state index is -3.22. The van der Waals surface area contributed by atoms with Gasteiger partial charge in [-0.05, 0) is 36.6 Å². The highest BCUT2D eigenvalue weighted by Gasteiger charge is 2.36. The molecule has 2 aromatic rings. The fraction of sp³-hybridized carbons (Fsp3) is 0.368. The SMILES string of the molecule is CC(C)C(=O)c1cc(C(N)=O)n(Cc2ccc(S(=O)(=O)C3CC3)cc2)c1. The molecule has 0 spiro atoms. The Balaban J connectivity index is 1.86. The fourth-order valence-electron chi connectivity index (χ4n) is 2.87. The molecule has 1 aromatic carbocycles. The normalized spacial score (nSPS) is 14.6. The molecular formula is C19H22N2O4S. The number of hydrogen-bond donors (Lipinski definition) is 1. The number of sulfone groups is 1. The summed E-state index contributed by atoms with van der Waals surface area (Å²) in [5.74, 6) is -0.851. The van der Waals surface area contributed by atoms with Crippen molar-refractivity contribution in [2.75, 3.05) is 0 Å². The molecule has 1 aliphatic carbocycles. The number of nitrogens with zero attached hydrogens (tertiary/aromatic N) is 1. The van der Waals surface area contributed by atoms with Gasteiger partial charge in [0.1, 0.15) is 5.69 Å². The number of primary amides is 1. The maximum atomic E-state index is 12.2. The van der Waals surface area contributed by atoms with Crippen molar-refractivity contribution in [3.63, 3.8) is 0 Å². The van der Waals surface area contributed by atoms with Crippen molar-refractivity contribution < 1.29 is 18.0 Å². The van der Waals surface area contributed by atoms with Gasteiger partial charge in [-0.15, -0.1) is 0 Å². The van der Waals surface area contributed by atoms with E-state index in [0.29, 0.717) is 17.0 Å². The van der Waals surface area contributed by atoms with Gasteiger partial charge in [-0.2, -0.15) is 0 Å². The Hall–Kier alpha value is -2.41. The zero-order chi connectivity index (χ0) is 19.1. The third-order valence-corrected chi connectivity index (χ3v) is 6.80. The lowest BCUT2D eigenvalue weighted by Gasteiger charge is -2.08. The van der Waals surface area contributed by atoms with Crippen LogP contribution in [0.15, 0.2) is 41.4 Å². The molecule has 0 bridgehead atoms. The lowest BCUT2D eigenvalue weighted by molar-refractivity contribution is 0.0939. The first-order valence-corrected chi connectivity index (χ1v) is 10.1. The Morgan fingerprint density at radius 3 is 2.31 bits per heavy atom. The highest BCUT2D eigenvalue weighted by molar-refractivity contribution is 7.92. The van der Waals surface area contributed by atoms with Gasteiger partial charge in [0, 0.05) is 24.2 Å². The zero-order valence-electron chi connectivity index (χ0n) is 14.8. The average Bonchev–Trinajstić information content (AvgIpc) is 3.36. The maximum Gasteiger partial charge on any atom is 0.265 e. The Labute approximate surface area is 152 Å². The molecule has 1 aromatic heterocycles. The number of ketones is 1. The van der Waals surface area contributed by atoms with Crippen LogP contribution in [0.2, 0.25) is 0 Å². The van der Waals surface area contributed by atoms with E-state index in [9.17, 15) is 18.0 Å². The van der Waals surface area contributed by atoms with Crippen LogP contribution in [0.1, 0.15) is 53.1 Å². The summed E-state index contributed by atoms with van der Waals surface area (Å²) >= 11 is 0. The smallest absolute Gasteiger partial charge is 0.265 e. The number of benzene rings is 1. The van der Waals surface area contributed by atoms with Gasteiger partial charge < -0.3 is 10.3 Å².